The largest absolute Gasteiger partial charge is 0.349 e. The highest BCUT2D eigenvalue weighted by molar-refractivity contribution is 14.1. The van der Waals surface area contributed by atoms with Crippen LogP contribution in [0.15, 0.2) is 18.2 Å². The van der Waals surface area contributed by atoms with Gasteiger partial charge in [-0.05, 0) is 67.3 Å². The highest BCUT2D eigenvalue weighted by atomic mass is 127. The number of nitrogens with one attached hydrogen (secondary N) is 2. The molecule has 102 valence electrons. The maximum absolute atomic E-state index is 12.4. The van der Waals surface area contributed by atoms with Crippen LogP contribution in [0.2, 0.25) is 0 Å². The van der Waals surface area contributed by atoms with Gasteiger partial charge in [-0.2, -0.15) is 0 Å². The van der Waals surface area contributed by atoms with Crippen LogP contribution in [0.4, 0.5) is 0 Å². The zero-order valence-electron chi connectivity index (χ0n) is 11.1. The first-order valence-corrected chi connectivity index (χ1v) is 8.03. The van der Waals surface area contributed by atoms with Gasteiger partial charge in [0.2, 0.25) is 0 Å². The van der Waals surface area contributed by atoms with Gasteiger partial charge in [-0.25, -0.2) is 0 Å². The third-order valence-electron chi connectivity index (χ3n) is 4.17. The minimum absolute atomic E-state index is 0.0828. The van der Waals surface area contributed by atoms with Crippen molar-refractivity contribution in [2.24, 2.45) is 0 Å². The zero-order valence-corrected chi connectivity index (χ0v) is 13.2. The van der Waals surface area contributed by atoms with Crippen LogP contribution >= 0.6 is 22.6 Å². The number of amides is 1. The third-order valence-corrected chi connectivity index (χ3v) is 5.12. The summed E-state index contributed by atoms with van der Waals surface area (Å²) >= 11 is 2.23. The Labute approximate surface area is 127 Å². The number of hydrogen-bond acceptors (Lipinski definition) is 2. The number of aryl methyl sites for hydroxylation is 1. The molecule has 0 radical (unpaired) electrons. The summed E-state index contributed by atoms with van der Waals surface area (Å²) in [5.41, 5.74) is 1.95. The number of hydrogen-bond donors (Lipinski definition) is 2. The van der Waals surface area contributed by atoms with E-state index in [1.165, 1.54) is 12.8 Å². The van der Waals surface area contributed by atoms with Crippen LogP contribution in [0.1, 0.15) is 41.6 Å². The lowest BCUT2D eigenvalue weighted by Crippen LogP contribution is -2.48. The molecule has 1 aromatic rings. The Kier molecular flexibility index (Phi) is 3.80. The molecule has 1 amide bonds. The molecule has 4 heteroatoms. The van der Waals surface area contributed by atoms with E-state index in [1.807, 2.05) is 25.1 Å². The SMILES string of the molecule is Cc1ccc(I)c(C(=O)NC2CC3CCC(C2)N3)c1. The topological polar surface area (TPSA) is 41.1 Å². The van der Waals surface area contributed by atoms with E-state index < -0.39 is 0 Å². The number of carbonyl (C=O) groups excluding carboxylic acids is 1. The first-order chi connectivity index (χ1) is 9.11. The molecule has 2 heterocycles. The van der Waals surface area contributed by atoms with Crippen LogP contribution in [0, 0.1) is 10.5 Å². The van der Waals surface area contributed by atoms with Crippen molar-refractivity contribution in [1.29, 1.82) is 0 Å². The lowest BCUT2D eigenvalue weighted by Gasteiger charge is -2.29. The van der Waals surface area contributed by atoms with Crippen molar-refractivity contribution in [3.8, 4) is 0 Å². The maximum Gasteiger partial charge on any atom is 0.252 e. The molecule has 2 unspecified atom stereocenters. The summed E-state index contributed by atoms with van der Waals surface area (Å²) in [7, 11) is 0. The van der Waals surface area contributed by atoms with E-state index in [9.17, 15) is 4.79 Å². The Morgan fingerprint density at radius 1 is 1.32 bits per heavy atom. The van der Waals surface area contributed by atoms with E-state index >= 15 is 0 Å². The van der Waals surface area contributed by atoms with Gasteiger partial charge in [-0.3, -0.25) is 4.79 Å². The molecule has 19 heavy (non-hydrogen) atoms. The number of rotatable bonds is 2. The Hall–Kier alpha value is -0.620. The second-order valence-corrected chi connectivity index (χ2v) is 6.93. The summed E-state index contributed by atoms with van der Waals surface area (Å²) in [6, 6.07) is 7.59. The predicted molar refractivity (Wildman–Crippen MR) is 84.3 cm³/mol. The normalized spacial score (nSPS) is 29.3. The molecule has 3 nitrogen and oxygen atoms in total. The fourth-order valence-corrected chi connectivity index (χ4v) is 3.83. The van der Waals surface area contributed by atoms with Crippen molar-refractivity contribution >= 4 is 28.5 Å². The Balaban J connectivity index is 1.69. The Bertz CT molecular complexity index is 491. The summed E-state index contributed by atoms with van der Waals surface area (Å²) in [4.78, 5) is 12.4. The minimum Gasteiger partial charge on any atom is -0.349 e. The first kappa shape index (κ1) is 13.4. The van der Waals surface area contributed by atoms with Crippen molar-refractivity contribution in [3.05, 3.63) is 32.9 Å². The maximum atomic E-state index is 12.4. The van der Waals surface area contributed by atoms with Crippen molar-refractivity contribution in [3.63, 3.8) is 0 Å². The van der Waals surface area contributed by atoms with Crippen LogP contribution in [-0.4, -0.2) is 24.0 Å². The third kappa shape index (κ3) is 2.94. The van der Waals surface area contributed by atoms with Gasteiger partial charge in [0.05, 0.1) is 5.56 Å². The quantitative estimate of drug-likeness (QED) is 0.786. The number of carbonyl (C=O) groups is 1. The monoisotopic (exact) mass is 370 g/mol. The molecule has 2 saturated heterocycles. The Morgan fingerprint density at radius 2 is 2.00 bits per heavy atom. The van der Waals surface area contributed by atoms with Gasteiger partial charge in [-0.1, -0.05) is 11.6 Å². The van der Waals surface area contributed by atoms with Crippen LogP contribution < -0.4 is 10.6 Å². The molecular weight excluding hydrogens is 351 g/mol. The Morgan fingerprint density at radius 3 is 2.68 bits per heavy atom. The van der Waals surface area contributed by atoms with E-state index in [1.54, 1.807) is 0 Å². The van der Waals surface area contributed by atoms with Crippen molar-refractivity contribution in [2.45, 2.75) is 50.7 Å². The molecule has 2 bridgehead atoms. The van der Waals surface area contributed by atoms with Crippen LogP contribution in [0.25, 0.3) is 0 Å². The van der Waals surface area contributed by atoms with Gasteiger partial charge in [0.15, 0.2) is 0 Å². The molecule has 0 aromatic heterocycles. The molecule has 2 aliphatic rings. The fraction of sp³-hybridized carbons (Fsp3) is 0.533. The van der Waals surface area contributed by atoms with Crippen molar-refractivity contribution < 1.29 is 4.79 Å². The molecule has 2 atom stereocenters. The summed E-state index contributed by atoms with van der Waals surface area (Å²) in [6.07, 6.45) is 4.67. The molecular formula is C15H19IN2O. The minimum atomic E-state index is 0.0828. The van der Waals surface area contributed by atoms with E-state index in [0.29, 0.717) is 18.1 Å². The molecule has 3 rings (SSSR count). The van der Waals surface area contributed by atoms with Crippen molar-refractivity contribution in [1.82, 2.24) is 10.6 Å². The second kappa shape index (κ2) is 5.40. The molecule has 2 fully saturated rings. The summed E-state index contributed by atoms with van der Waals surface area (Å²) in [5, 5.41) is 6.82. The first-order valence-electron chi connectivity index (χ1n) is 6.95. The summed E-state index contributed by atoms with van der Waals surface area (Å²) < 4.78 is 1.03. The molecule has 2 N–H and O–H groups in total. The average Bonchev–Trinajstić information content (AvgIpc) is 2.71. The van der Waals surface area contributed by atoms with Gasteiger partial charge in [0.1, 0.15) is 0 Å². The molecule has 0 aliphatic carbocycles. The van der Waals surface area contributed by atoms with E-state index in [2.05, 4.69) is 33.2 Å². The summed E-state index contributed by atoms with van der Waals surface area (Å²) in [6.45, 7) is 2.03. The number of benzene rings is 1. The average molecular weight is 370 g/mol. The standard InChI is InChI=1S/C15H19IN2O/c1-9-2-5-14(16)13(6-9)15(19)18-12-7-10-3-4-11(8-12)17-10/h2,5-6,10-12,17H,3-4,7-8H2,1H3,(H,18,19). The second-order valence-electron chi connectivity index (χ2n) is 5.76. The van der Waals surface area contributed by atoms with Gasteiger partial charge >= 0.3 is 0 Å². The predicted octanol–water partition coefficient (Wildman–Crippen LogP) is 2.61. The lowest BCUT2D eigenvalue weighted by atomic mass is 9.99. The number of halogens is 1. The highest BCUT2D eigenvalue weighted by Crippen LogP contribution is 2.27. The lowest BCUT2D eigenvalue weighted by molar-refractivity contribution is 0.0923. The molecule has 0 saturated carbocycles. The number of piperidine rings is 1. The van der Waals surface area contributed by atoms with E-state index in [-0.39, 0.29) is 5.91 Å². The van der Waals surface area contributed by atoms with Gasteiger partial charge in [0, 0.05) is 21.7 Å². The van der Waals surface area contributed by atoms with Crippen LogP contribution in [0.3, 0.4) is 0 Å². The zero-order chi connectivity index (χ0) is 13.4. The molecule has 2 aliphatic heterocycles. The van der Waals surface area contributed by atoms with Crippen LogP contribution in [0.5, 0.6) is 0 Å². The smallest absolute Gasteiger partial charge is 0.252 e. The molecule has 0 spiro atoms. The molecule has 1 aromatic carbocycles. The fourth-order valence-electron chi connectivity index (χ4n) is 3.25. The van der Waals surface area contributed by atoms with Gasteiger partial charge in [-0.15, -0.1) is 0 Å². The van der Waals surface area contributed by atoms with Crippen LogP contribution in [-0.2, 0) is 0 Å². The van der Waals surface area contributed by atoms with Gasteiger partial charge < -0.3 is 10.6 Å². The van der Waals surface area contributed by atoms with Crippen molar-refractivity contribution in [2.75, 3.05) is 0 Å². The number of fused-ring (bicyclic) bond motifs is 2. The van der Waals surface area contributed by atoms with E-state index in [4.69, 9.17) is 0 Å². The highest BCUT2D eigenvalue weighted by Gasteiger charge is 2.34. The van der Waals surface area contributed by atoms with Gasteiger partial charge in [0.25, 0.3) is 5.91 Å². The van der Waals surface area contributed by atoms with E-state index in [0.717, 1.165) is 27.5 Å². The summed E-state index contributed by atoms with van der Waals surface area (Å²) in [5.74, 6) is 0.0828.